The molecule has 3 rings (SSSR count). The third kappa shape index (κ3) is 4.28. The van der Waals surface area contributed by atoms with Crippen molar-refractivity contribution in [1.82, 2.24) is 14.8 Å². The van der Waals surface area contributed by atoms with E-state index in [2.05, 4.69) is 15.5 Å². The number of benzene rings is 1. The Morgan fingerprint density at radius 1 is 1.19 bits per heavy atom. The van der Waals surface area contributed by atoms with E-state index in [1.165, 1.54) is 11.8 Å². The van der Waals surface area contributed by atoms with Gasteiger partial charge < -0.3 is 14.3 Å². The van der Waals surface area contributed by atoms with Gasteiger partial charge in [-0.3, -0.25) is 9.59 Å². The minimum absolute atomic E-state index is 0.0163. The van der Waals surface area contributed by atoms with Gasteiger partial charge >= 0.3 is 0 Å². The Kier molecular flexibility index (Phi) is 5.75. The molecule has 1 aromatic carbocycles. The van der Waals surface area contributed by atoms with Crippen molar-refractivity contribution in [2.45, 2.75) is 25.4 Å². The molecule has 0 bridgehead atoms. The van der Waals surface area contributed by atoms with Crippen LogP contribution in [-0.2, 0) is 11.8 Å². The first-order valence-electron chi connectivity index (χ1n) is 8.49. The Bertz CT molecular complexity index is 960. The van der Waals surface area contributed by atoms with Crippen LogP contribution in [0.25, 0.3) is 11.4 Å². The Morgan fingerprint density at radius 2 is 1.93 bits per heavy atom. The zero-order valence-corrected chi connectivity index (χ0v) is 16.2. The minimum atomic E-state index is -0.0597. The van der Waals surface area contributed by atoms with Crippen LogP contribution in [0, 0.1) is 6.92 Å². The van der Waals surface area contributed by atoms with Crippen LogP contribution < -0.4 is 5.32 Å². The summed E-state index contributed by atoms with van der Waals surface area (Å²) in [6.07, 6.45) is 2.03. The number of nitrogens with zero attached hydrogens (tertiary/aromatic N) is 3. The lowest BCUT2D eigenvalue weighted by atomic mass is 10.1. The van der Waals surface area contributed by atoms with Crippen LogP contribution in [0.1, 0.15) is 29.5 Å². The summed E-state index contributed by atoms with van der Waals surface area (Å²) >= 11 is 1.33. The van der Waals surface area contributed by atoms with E-state index in [4.69, 9.17) is 4.42 Å². The van der Waals surface area contributed by atoms with Crippen molar-refractivity contribution in [3.8, 4) is 11.4 Å². The molecule has 8 heteroatoms. The maximum atomic E-state index is 12.4. The number of carbonyl (C=O) groups excluding carboxylic acids is 2. The van der Waals surface area contributed by atoms with Gasteiger partial charge in [0, 0.05) is 24.7 Å². The number of aryl methyl sites for hydroxylation is 1. The quantitative estimate of drug-likeness (QED) is 0.493. The zero-order valence-electron chi connectivity index (χ0n) is 15.4. The van der Waals surface area contributed by atoms with Gasteiger partial charge in [0.15, 0.2) is 16.8 Å². The second-order valence-corrected chi connectivity index (χ2v) is 6.89. The molecule has 1 amide bonds. The Morgan fingerprint density at radius 3 is 2.56 bits per heavy atom. The summed E-state index contributed by atoms with van der Waals surface area (Å²) in [5.41, 5.74) is 2.15. The van der Waals surface area contributed by atoms with Crippen molar-refractivity contribution < 1.29 is 14.0 Å². The van der Waals surface area contributed by atoms with Crippen LogP contribution in [0.5, 0.6) is 0 Å². The molecule has 0 aliphatic heterocycles. The molecule has 0 radical (unpaired) electrons. The summed E-state index contributed by atoms with van der Waals surface area (Å²) in [7, 11) is 1.86. The van der Waals surface area contributed by atoms with Crippen molar-refractivity contribution in [1.29, 1.82) is 0 Å². The highest BCUT2D eigenvalue weighted by Gasteiger charge is 2.16. The monoisotopic (exact) mass is 384 g/mol. The lowest BCUT2D eigenvalue weighted by Crippen LogP contribution is -2.10. The summed E-state index contributed by atoms with van der Waals surface area (Å²) in [5.74, 6) is 1.64. The lowest BCUT2D eigenvalue weighted by Gasteiger charge is -2.05. The molecule has 1 N–H and O–H groups in total. The number of nitrogens with one attached hydrogen (secondary N) is 1. The van der Waals surface area contributed by atoms with E-state index in [0.29, 0.717) is 28.7 Å². The van der Waals surface area contributed by atoms with Gasteiger partial charge in [0.1, 0.15) is 5.76 Å². The number of rotatable bonds is 7. The standard InChI is InChI=1S/C19H20N4O3S/c1-4-17(25)20-14-7-5-13(6-8-14)16(24)11-27-19-22-21-18(23(19)3)15-9-10-26-12(15)2/h5-10H,4,11H2,1-3H3,(H,20,25). The van der Waals surface area contributed by atoms with Crippen molar-refractivity contribution >= 4 is 29.1 Å². The average Bonchev–Trinajstić information content (AvgIpc) is 3.25. The summed E-state index contributed by atoms with van der Waals surface area (Å²) in [4.78, 5) is 23.8. The molecule has 0 atom stereocenters. The fourth-order valence-electron chi connectivity index (χ4n) is 2.49. The Hall–Kier alpha value is -2.87. The third-order valence-electron chi connectivity index (χ3n) is 4.08. The number of amides is 1. The second kappa shape index (κ2) is 8.22. The first kappa shape index (κ1) is 18.9. The predicted octanol–water partition coefficient (Wildman–Crippen LogP) is 3.71. The molecular formula is C19H20N4O3S. The molecule has 0 fully saturated rings. The molecule has 27 heavy (non-hydrogen) atoms. The SMILES string of the molecule is CCC(=O)Nc1ccc(C(=O)CSc2nnc(-c3ccoc3C)n2C)cc1. The van der Waals surface area contributed by atoms with Gasteiger partial charge in [0.2, 0.25) is 5.91 Å². The molecule has 0 unspecified atom stereocenters. The van der Waals surface area contributed by atoms with Crippen LogP contribution in [0.2, 0.25) is 0 Å². The molecule has 0 aliphatic rings. The van der Waals surface area contributed by atoms with Gasteiger partial charge in [-0.1, -0.05) is 18.7 Å². The van der Waals surface area contributed by atoms with Crippen molar-refractivity contribution in [2.75, 3.05) is 11.1 Å². The molecule has 0 saturated carbocycles. The lowest BCUT2D eigenvalue weighted by molar-refractivity contribution is -0.115. The predicted molar refractivity (Wildman–Crippen MR) is 104 cm³/mol. The van der Waals surface area contributed by atoms with E-state index in [9.17, 15) is 9.59 Å². The maximum Gasteiger partial charge on any atom is 0.224 e. The molecule has 3 aromatic rings. The summed E-state index contributed by atoms with van der Waals surface area (Å²) < 4.78 is 7.16. The summed E-state index contributed by atoms with van der Waals surface area (Å²) in [6, 6.07) is 8.73. The topological polar surface area (TPSA) is 90.0 Å². The van der Waals surface area contributed by atoms with Crippen LogP contribution in [-0.4, -0.2) is 32.2 Å². The maximum absolute atomic E-state index is 12.4. The van der Waals surface area contributed by atoms with E-state index in [1.54, 1.807) is 37.5 Å². The highest BCUT2D eigenvalue weighted by molar-refractivity contribution is 7.99. The number of anilines is 1. The van der Waals surface area contributed by atoms with Crippen LogP contribution >= 0.6 is 11.8 Å². The number of Topliss-reactive ketones (excluding diaryl/α,β-unsaturated/α-hetero) is 1. The van der Waals surface area contributed by atoms with E-state index >= 15 is 0 Å². The Balaban J connectivity index is 1.63. The molecule has 0 saturated heterocycles. The number of ketones is 1. The average molecular weight is 384 g/mol. The van der Waals surface area contributed by atoms with Crippen molar-refractivity contribution in [3.05, 3.63) is 47.9 Å². The van der Waals surface area contributed by atoms with Gasteiger partial charge in [-0.05, 0) is 37.3 Å². The number of thioether (sulfide) groups is 1. The van der Waals surface area contributed by atoms with Crippen LogP contribution in [0.3, 0.4) is 0 Å². The number of furan rings is 1. The fraction of sp³-hybridized carbons (Fsp3) is 0.263. The first-order chi connectivity index (χ1) is 13.0. The van der Waals surface area contributed by atoms with E-state index < -0.39 is 0 Å². The van der Waals surface area contributed by atoms with Crippen LogP contribution in [0.4, 0.5) is 5.69 Å². The van der Waals surface area contributed by atoms with Gasteiger partial charge in [-0.2, -0.15) is 0 Å². The highest BCUT2D eigenvalue weighted by atomic mass is 32.2. The number of carbonyl (C=O) groups is 2. The van der Waals surface area contributed by atoms with E-state index in [0.717, 1.165) is 11.3 Å². The molecule has 0 aliphatic carbocycles. The molecule has 7 nitrogen and oxygen atoms in total. The van der Waals surface area contributed by atoms with E-state index in [1.807, 2.05) is 24.6 Å². The normalized spacial score (nSPS) is 10.8. The fourth-order valence-corrected chi connectivity index (χ4v) is 3.30. The molecule has 2 aromatic heterocycles. The van der Waals surface area contributed by atoms with Crippen molar-refractivity contribution in [3.63, 3.8) is 0 Å². The van der Waals surface area contributed by atoms with Crippen LogP contribution in [0.15, 0.2) is 46.2 Å². The molecule has 2 heterocycles. The van der Waals surface area contributed by atoms with Gasteiger partial charge in [0.25, 0.3) is 0 Å². The largest absolute Gasteiger partial charge is 0.469 e. The molecule has 0 spiro atoms. The zero-order chi connectivity index (χ0) is 19.4. The number of hydrogen-bond donors (Lipinski definition) is 1. The first-order valence-corrected chi connectivity index (χ1v) is 9.48. The Labute approximate surface area is 161 Å². The highest BCUT2D eigenvalue weighted by Crippen LogP contribution is 2.26. The van der Waals surface area contributed by atoms with Gasteiger partial charge in [-0.15, -0.1) is 10.2 Å². The van der Waals surface area contributed by atoms with E-state index in [-0.39, 0.29) is 17.4 Å². The molecule has 140 valence electrons. The molecular weight excluding hydrogens is 364 g/mol. The summed E-state index contributed by atoms with van der Waals surface area (Å²) in [5, 5.41) is 11.8. The van der Waals surface area contributed by atoms with Gasteiger partial charge in [0.05, 0.1) is 17.6 Å². The van der Waals surface area contributed by atoms with Crippen molar-refractivity contribution in [2.24, 2.45) is 7.05 Å². The van der Waals surface area contributed by atoms with Gasteiger partial charge in [-0.25, -0.2) is 0 Å². The number of hydrogen-bond acceptors (Lipinski definition) is 6. The smallest absolute Gasteiger partial charge is 0.224 e. The third-order valence-corrected chi connectivity index (χ3v) is 5.10. The summed E-state index contributed by atoms with van der Waals surface area (Å²) in [6.45, 7) is 3.66. The minimum Gasteiger partial charge on any atom is -0.469 e. The second-order valence-electron chi connectivity index (χ2n) is 5.95. The number of aromatic nitrogens is 3.